The number of fused-ring (bicyclic) bond motifs is 3. The minimum absolute atomic E-state index is 0.0989. The molecule has 7 heteroatoms. The standard InChI is InChI=1S/C27H32ClN3O2S/c1-5-19-13-22-24(34-19)14-23-25(32)31(21-8-6-7-20(28)17(21)3)27(4,15-30(22)23)26(33)29-18-11-9-16(2)10-12-18/h6-8,13-14,16,18H,5,9-12,15H2,1-4H3,(H,29,33)/t16?,18?,27-/m0/s1. The molecule has 0 unspecified atom stereocenters. The van der Waals surface area contributed by atoms with Crippen molar-refractivity contribution >= 4 is 50.7 Å². The Morgan fingerprint density at radius 2 is 1.97 bits per heavy atom. The SMILES string of the molecule is CCc1cc2c(cc3n2C[C@@](C)(C(=O)NC2CCC(C)CC2)N(c2cccc(Cl)c2C)C3=O)s1. The molecular formula is C27H32ClN3O2S. The summed E-state index contributed by atoms with van der Waals surface area (Å²) in [4.78, 5) is 31.0. The molecule has 1 aromatic carbocycles. The molecule has 1 saturated carbocycles. The third-order valence-corrected chi connectivity index (χ3v) is 9.32. The Labute approximate surface area is 210 Å². The van der Waals surface area contributed by atoms with Gasteiger partial charge in [0.15, 0.2) is 0 Å². The van der Waals surface area contributed by atoms with Gasteiger partial charge in [0.25, 0.3) is 5.91 Å². The van der Waals surface area contributed by atoms with Crippen molar-refractivity contribution in [3.63, 3.8) is 0 Å². The lowest BCUT2D eigenvalue weighted by molar-refractivity contribution is -0.127. The first-order valence-corrected chi connectivity index (χ1v) is 13.4. The molecule has 0 bridgehead atoms. The number of amides is 2. The van der Waals surface area contributed by atoms with Crippen molar-refractivity contribution in [1.29, 1.82) is 0 Å². The number of nitrogens with one attached hydrogen (secondary N) is 1. The number of hydrogen-bond acceptors (Lipinski definition) is 3. The molecule has 0 radical (unpaired) electrons. The largest absolute Gasteiger partial charge is 0.351 e. The zero-order valence-corrected chi connectivity index (χ0v) is 21.9. The molecule has 5 rings (SSSR count). The van der Waals surface area contributed by atoms with Gasteiger partial charge in [0.1, 0.15) is 11.2 Å². The summed E-state index contributed by atoms with van der Waals surface area (Å²) in [5.74, 6) is 0.443. The number of aromatic nitrogens is 1. The number of carbonyl (C=O) groups excluding carboxylic acids is 2. The zero-order valence-electron chi connectivity index (χ0n) is 20.3. The van der Waals surface area contributed by atoms with E-state index in [1.807, 2.05) is 42.7 Å². The van der Waals surface area contributed by atoms with Gasteiger partial charge in [0.05, 0.1) is 16.8 Å². The maximum Gasteiger partial charge on any atom is 0.275 e. The summed E-state index contributed by atoms with van der Waals surface area (Å²) in [6, 6.07) is 9.85. The van der Waals surface area contributed by atoms with Crippen LogP contribution in [0.5, 0.6) is 0 Å². The van der Waals surface area contributed by atoms with Crippen LogP contribution < -0.4 is 10.2 Å². The first kappa shape index (κ1) is 23.4. The Morgan fingerprint density at radius 1 is 1.24 bits per heavy atom. The number of carbonyl (C=O) groups is 2. The molecule has 1 aliphatic heterocycles. The smallest absolute Gasteiger partial charge is 0.275 e. The third-order valence-electron chi connectivity index (χ3n) is 7.69. The normalized spacial score (nSPS) is 25.0. The third kappa shape index (κ3) is 3.75. The van der Waals surface area contributed by atoms with E-state index in [9.17, 15) is 9.59 Å². The van der Waals surface area contributed by atoms with E-state index in [1.54, 1.807) is 16.2 Å². The van der Waals surface area contributed by atoms with Crippen molar-refractivity contribution in [2.75, 3.05) is 4.90 Å². The molecule has 1 fully saturated rings. The van der Waals surface area contributed by atoms with E-state index in [4.69, 9.17) is 11.6 Å². The Morgan fingerprint density at radius 3 is 2.68 bits per heavy atom. The lowest BCUT2D eigenvalue weighted by atomic mass is 9.86. The van der Waals surface area contributed by atoms with Crippen LogP contribution in [0.15, 0.2) is 30.3 Å². The van der Waals surface area contributed by atoms with Crippen LogP contribution in [0.25, 0.3) is 10.2 Å². The molecule has 0 spiro atoms. The summed E-state index contributed by atoms with van der Waals surface area (Å²) in [7, 11) is 0. The topological polar surface area (TPSA) is 54.3 Å². The molecular weight excluding hydrogens is 466 g/mol. The number of aryl methyl sites for hydroxylation is 1. The lowest BCUT2D eigenvalue weighted by Gasteiger charge is -2.45. The van der Waals surface area contributed by atoms with E-state index in [0.29, 0.717) is 28.9 Å². The van der Waals surface area contributed by atoms with Crippen LogP contribution in [0.2, 0.25) is 5.02 Å². The molecule has 1 N–H and O–H groups in total. The molecule has 3 aromatic rings. The highest BCUT2D eigenvalue weighted by molar-refractivity contribution is 7.19. The number of halogens is 1. The predicted octanol–water partition coefficient (Wildman–Crippen LogP) is 6.34. The van der Waals surface area contributed by atoms with E-state index in [-0.39, 0.29) is 17.9 Å². The van der Waals surface area contributed by atoms with Gasteiger partial charge in [0, 0.05) is 21.6 Å². The number of benzene rings is 1. The molecule has 2 aliphatic rings. The molecule has 1 atom stereocenters. The van der Waals surface area contributed by atoms with Crippen LogP contribution in [0.3, 0.4) is 0 Å². The van der Waals surface area contributed by atoms with E-state index < -0.39 is 5.54 Å². The number of hydrogen-bond donors (Lipinski definition) is 1. The van der Waals surface area contributed by atoms with Gasteiger partial charge in [-0.15, -0.1) is 11.3 Å². The summed E-state index contributed by atoms with van der Waals surface area (Å²) < 4.78 is 3.14. The Kier molecular flexibility index (Phi) is 6.01. The highest BCUT2D eigenvalue weighted by Crippen LogP contribution is 2.40. The maximum atomic E-state index is 14.0. The summed E-state index contributed by atoms with van der Waals surface area (Å²) in [5.41, 5.74) is 2.08. The zero-order chi connectivity index (χ0) is 24.2. The Balaban J connectivity index is 1.60. The van der Waals surface area contributed by atoms with Crippen molar-refractivity contribution in [2.45, 2.75) is 77.9 Å². The van der Waals surface area contributed by atoms with E-state index >= 15 is 0 Å². The second-order valence-electron chi connectivity index (χ2n) is 10.2. The summed E-state index contributed by atoms with van der Waals surface area (Å²) in [6.45, 7) is 8.62. The summed E-state index contributed by atoms with van der Waals surface area (Å²) in [5, 5.41) is 3.90. The minimum atomic E-state index is -1.08. The average molecular weight is 498 g/mol. The Bertz CT molecular complexity index is 1270. The van der Waals surface area contributed by atoms with Gasteiger partial charge in [-0.2, -0.15) is 0 Å². The first-order chi connectivity index (χ1) is 16.2. The predicted molar refractivity (Wildman–Crippen MR) is 140 cm³/mol. The van der Waals surface area contributed by atoms with Crippen LogP contribution in [0.1, 0.15) is 67.4 Å². The fourth-order valence-corrected chi connectivity index (χ4v) is 6.68. The second-order valence-corrected chi connectivity index (χ2v) is 11.7. The van der Waals surface area contributed by atoms with Gasteiger partial charge in [0.2, 0.25) is 5.91 Å². The van der Waals surface area contributed by atoms with E-state index in [2.05, 4.69) is 25.2 Å². The molecule has 1 aliphatic carbocycles. The maximum absolute atomic E-state index is 14.0. The fraction of sp³-hybridized carbons (Fsp3) is 0.481. The van der Waals surface area contributed by atoms with Crippen molar-refractivity contribution in [3.8, 4) is 0 Å². The van der Waals surface area contributed by atoms with Crippen molar-refractivity contribution in [3.05, 3.63) is 51.5 Å². The average Bonchev–Trinajstić information content (AvgIpc) is 3.36. The van der Waals surface area contributed by atoms with Crippen LogP contribution in [0, 0.1) is 12.8 Å². The Hall–Kier alpha value is -2.31. The summed E-state index contributed by atoms with van der Waals surface area (Å²) >= 11 is 8.18. The van der Waals surface area contributed by atoms with E-state index in [0.717, 1.165) is 47.9 Å². The molecule has 2 aromatic heterocycles. The van der Waals surface area contributed by atoms with Gasteiger partial charge in [-0.1, -0.05) is 31.5 Å². The lowest BCUT2D eigenvalue weighted by Crippen LogP contribution is -2.65. The number of nitrogens with zero attached hydrogens (tertiary/aromatic N) is 2. The van der Waals surface area contributed by atoms with Crippen molar-refractivity contribution < 1.29 is 9.59 Å². The van der Waals surface area contributed by atoms with Gasteiger partial charge in [-0.25, -0.2) is 0 Å². The molecule has 5 nitrogen and oxygen atoms in total. The van der Waals surface area contributed by atoms with Crippen LogP contribution in [-0.2, 0) is 17.8 Å². The van der Waals surface area contributed by atoms with Gasteiger partial charge in [-0.3, -0.25) is 14.5 Å². The van der Waals surface area contributed by atoms with Crippen LogP contribution in [-0.4, -0.2) is 28.0 Å². The number of thiophene rings is 1. The molecule has 180 valence electrons. The van der Waals surface area contributed by atoms with Gasteiger partial charge >= 0.3 is 0 Å². The molecule has 0 saturated heterocycles. The van der Waals surface area contributed by atoms with Crippen molar-refractivity contribution in [1.82, 2.24) is 9.88 Å². The quantitative estimate of drug-likeness (QED) is 0.457. The van der Waals surface area contributed by atoms with Gasteiger partial charge < -0.3 is 9.88 Å². The fourth-order valence-electron chi connectivity index (χ4n) is 5.46. The van der Waals surface area contributed by atoms with Crippen LogP contribution in [0.4, 0.5) is 5.69 Å². The van der Waals surface area contributed by atoms with E-state index in [1.165, 1.54) is 4.88 Å². The van der Waals surface area contributed by atoms with Crippen molar-refractivity contribution in [2.24, 2.45) is 5.92 Å². The van der Waals surface area contributed by atoms with Gasteiger partial charge in [-0.05, 0) is 81.7 Å². The first-order valence-electron chi connectivity index (χ1n) is 12.3. The second kappa shape index (κ2) is 8.72. The summed E-state index contributed by atoms with van der Waals surface area (Å²) in [6.07, 6.45) is 5.16. The molecule has 3 heterocycles. The monoisotopic (exact) mass is 497 g/mol. The number of anilines is 1. The molecule has 2 amide bonds. The number of rotatable bonds is 4. The minimum Gasteiger partial charge on any atom is -0.351 e. The molecule has 34 heavy (non-hydrogen) atoms. The highest BCUT2D eigenvalue weighted by Gasteiger charge is 2.49. The highest BCUT2D eigenvalue weighted by atomic mass is 35.5. The van der Waals surface area contributed by atoms with Crippen LogP contribution >= 0.6 is 22.9 Å².